The van der Waals surface area contributed by atoms with Gasteiger partial charge in [-0.05, 0) is 115 Å². The fourth-order valence-corrected chi connectivity index (χ4v) is 13.0. The molecule has 1 fully saturated rings. The Balaban J connectivity index is 4.59. The first kappa shape index (κ1) is 87.2. The second kappa shape index (κ2) is 40.1. The normalized spacial score (nSPS) is 26.3. The van der Waals surface area contributed by atoms with Gasteiger partial charge in [0.05, 0.1) is 11.7 Å². The lowest BCUT2D eigenvalue weighted by atomic mass is 9.91. The summed E-state index contributed by atoms with van der Waals surface area (Å²) in [6, 6.07) is -14.4. The van der Waals surface area contributed by atoms with Crippen molar-refractivity contribution in [2.24, 2.45) is 35.5 Å². The molecule has 26 heteroatoms. The number of thioether (sulfide) groups is 1. The molecule has 0 spiro atoms. The molecular formula is C69H126N12O13S. The van der Waals surface area contributed by atoms with E-state index in [-0.39, 0.29) is 62.0 Å². The van der Waals surface area contributed by atoms with Crippen molar-refractivity contribution in [3.05, 3.63) is 12.2 Å². The zero-order valence-corrected chi connectivity index (χ0v) is 63.5. The zero-order chi connectivity index (χ0) is 73.6. The molecule has 546 valence electrons. The van der Waals surface area contributed by atoms with Gasteiger partial charge in [-0.15, -0.1) is 0 Å². The first-order chi connectivity index (χ1) is 43.9. The van der Waals surface area contributed by atoms with Crippen molar-refractivity contribution < 1.29 is 63.0 Å². The van der Waals surface area contributed by atoms with Gasteiger partial charge in [0.25, 0.3) is 0 Å². The highest BCUT2D eigenvalue weighted by molar-refractivity contribution is 7.99. The number of rotatable bonds is 22. The number of nitrogens with one attached hydrogen (secondary N) is 4. The summed E-state index contributed by atoms with van der Waals surface area (Å²) < 4.78 is 0. The number of carbonyl (C=O) groups excluding carboxylic acids is 11. The van der Waals surface area contributed by atoms with Crippen LogP contribution in [0.5, 0.6) is 0 Å². The van der Waals surface area contributed by atoms with E-state index < -0.39 is 161 Å². The van der Waals surface area contributed by atoms with E-state index in [4.69, 9.17) is 0 Å². The van der Waals surface area contributed by atoms with Gasteiger partial charge in [0.15, 0.2) is 0 Å². The molecule has 0 saturated carbocycles. The number of hydrogen-bond acceptors (Lipinski definition) is 15. The number of nitrogens with zero attached hydrogens (tertiary/aromatic N) is 8. The third-order valence-electron chi connectivity index (χ3n) is 18.1. The number of amides is 11. The summed E-state index contributed by atoms with van der Waals surface area (Å²) in [6.45, 7) is 35.2. The lowest BCUT2D eigenvalue weighted by Crippen LogP contribution is -2.64. The molecule has 1 aliphatic rings. The van der Waals surface area contributed by atoms with Crippen LogP contribution in [0.25, 0.3) is 0 Å². The monoisotopic (exact) mass is 1360 g/mol. The van der Waals surface area contributed by atoms with E-state index in [2.05, 4.69) is 26.2 Å². The molecule has 25 nitrogen and oxygen atoms in total. The van der Waals surface area contributed by atoms with Crippen LogP contribution in [0.15, 0.2) is 12.2 Å². The van der Waals surface area contributed by atoms with Crippen LogP contribution in [0, 0.1) is 35.5 Å². The third-order valence-corrected chi connectivity index (χ3v) is 19.1. The molecular weight excluding hydrogens is 1240 g/mol. The minimum absolute atomic E-state index is 0.0178. The quantitative estimate of drug-likeness (QED) is 0.0663. The molecule has 6 N–H and O–H groups in total. The molecule has 0 radical (unpaired) electrons. The molecule has 0 aromatic rings. The van der Waals surface area contributed by atoms with Crippen molar-refractivity contribution in [2.75, 3.05) is 80.5 Å². The average Bonchev–Trinajstić information content (AvgIpc) is 0.810. The lowest BCUT2D eigenvalue weighted by Gasteiger charge is -2.41. The van der Waals surface area contributed by atoms with Crippen molar-refractivity contribution >= 4 is 76.7 Å². The van der Waals surface area contributed by atoms with Gasteiger partial charge in [0.1, 0.15) is 66.5 Å². The lowest BCUT2D eigenvalue weighted by molar-refractivity contribution is -0.157. The van der Waals surface area contributed by atoms with E-state index >= 15 is 28.8 Å². The van der Waals surface area contributed by atoms with Gasteiger partial charge in [-0.25, -0.2) is 0 Å². The second-order valence-electron chi connectivity index (χ2n) is 28.8. The summed E-state index contributed by atoms with van der Waals surface area (Å²) in [5, 5.41) is 34.8. The molecule has 0 aliphatic carbocycles. The number of likely N-dealkylation sites (N-methyl/N-ethyl adjacent to an activating group) is 7. The van der Waals surface area contributed by atoms with Crippen LogP contribution >= 0.6 is 11.8 Å². The van der Waals surface area contributed by atoms with E-state index in [1.807, 2.05) is 61.5 Å². The number of allylic oxidation sites excluding steroid dienone is 2. The van der Waals surface area contributed by atoms with Gasteiger partial charge in [-0.1, -0.05) is 109 Å². The van der Waals surface area contributed by atoms with Crippen LogP contribution in [0.3, 0.4) is 0 Å². The van der Waals surface area contributed by atoms with Crippen LogP contribution in [0.1, 0.15) is 170 Å². The summed E-state index contributed by atoms with van der Waals surface area (Å²) in [7, 11) is 9.89. The highest BCUT2D eigenvalue weighted by Gasteiger charge is 2.47. The van der Waals surface area contributed by atoms with E-state index in [1.165, 1.54) is 113 Å². The number of carbonyl (C=O) groups is 11. The second-order valence-corrected chi connectivity index (χ2v) is 29.9. The maximum atomic E-state index is 15.4. The molecule has 13 atom stereocenters. The first-order valence-electron chi connectivity index (χ1n) is 34.3. The summed E-state index contributed by atoms with van der Waals surface area (Å²) in [5.74, 6) is -9.70. The van der Waals surface area contributed by atoms with Crippen molar-refractivity contribution in [1.29, 1.82) is 0 Å². The molecule has 95 heavy (non-hydrogen) atoms. The Morgan fingerprint density at radius 3 is 1.40 bits per heavy atom. The van der Waals surface area contributed by atoms with Gasteiger partial charge < -0.3 is 70.7 Å². The SMILES string of the molecule is CC=CC[C@@H](C)[C@@H](O)[C@H]1C(=O)N[C@@H](CC)C(=O)N(C)[C@@H](CSCCN(CC)CC)C(=O)N(C)[C@@H](CC(C)(C)O)C(=O)N[C@@H](C(C)C)C(=O)N(C)[C@@H](CC(C)C)C(=O)N[C@@H](C)C(=O)N[C@H](C)C(=O)N(C)[C@@H](CC(C)C)C(=O)N(C)[C@@H](CC(C)C)C(=O)N(C)[C@@H](C(C)C)C(=O)N1C. The van der Waals surface area contributed by atoms with E-state index in [1.54, 1.807) is 54.5 Å². The molecule has 0 aromatic heterocycles. The Kier molecular flexibility index (Phi) is 36.8. The molecule has 0 aromatic carbocycles. The Labute approximate surface area is 574 Å². The highest BCUT2D eigenvalue weighted by Crippen LogP contribution is 2.27. The minimum Gasteiger partial charge on any atom is -0.390 e. The fourth-order valence-electron chi connectivity index (χ4n) is 11.9. The largest absolute Gasteiger partial charge is 0.390 e. The summed E-state index contributed by atoms with van der Waals surface area (Å²) >= 11 is 1.39. The maximum Gasteiger partial charge on any atom is 0.246 e. The Morgan fingerprint density at radius 1 is 0.505 bits per heavy atom. The van der Waals surface area contributed by atoms with Crippen molar-refractivity contribution in [2.45, 2.75) is 248 Å². The van der Waals surface area contributed by atoms with Crippen LogP contribution in [0.2, 0.25) is 0 Å². The highest BCUT2D eigenvalue weighted by atomic mass is 32.2. The van der Waals surface area contributed by atoms with Gasteiger partial charge >= 0.3 is 0 Å². The molecule has 0 unspecified atom stereocenters. The van der Waals surface area contributed by atoms with Crippen molar-refractivity contribution in [1.82, 2.24) is 60.5 Å². The third kappa shape index (κ3) is 25.5. The fraction of sp³-hybridized carbons (Fsp3) is 0.812. The van der Waals surface area contributed by atoms with Gasteiger partial charge in [-0.3, -0.25) is 52.7 Å². The summed E-state index contributed by atoms with van der Waals surface area (Å²) in [4.78, 5) is 175. The predicted octanol–water partition coefficient (Wildman–Crippen LogP) is 3.83. The summed E-state index contributed by atoms with van der Waals surface area (Å²) in [5.41, 5.74) is -1.58. The zero-order valence-electron chi connectivity index (χ0n) is 62.7. The van der Waals surface area contributed by atoms with E-state index in [9.17, 15) is 34.2 Å². The van der Waals surface area contributed by atoms with Gasteiger partial charge in [-0.2, -0.15) is 11.8 Å². The smallest absolute Gasteiger partial charge is 0.246 e. The minimum atomic E-state index is -1.66. The van der Waals surface area contributed by atoms with Gasteiger partial charge in [0.2, 0.25) is 65.0 Å². The topological polar surface area (TPSA) is 302 Å². The molecule has 11 amide bonds. The molecule has 1 rings (SSSR count). The van der Waals surface area contributed by atoms with Crippen LogP contribution in [0.4, 0.5) is 0 Å². The number of aliphatic hydroxyl groups excluding tert-OH is 1. The van der Waals surface area contributed by atoms with Crippen LogP contribution < -0.4 is 21.3 Å². The molecule has 1 heterocycles. The molecule has 0 bridgehead atoms. The summed E-state index contributed by atoms with van der Waals surface area (Å²) in [6.07, 6.45) is 2.37. The molecule has 1 aliphatic heterocycles. The average molecular weight is 1360 g/mol. The Bertz CT molecular complexity index is 2580. The van der Waals surface area contributed by atoms with Crippen molar-refractivity contribution in [3.63, 3.8) is 0 Å². The van der Waals surface area contributed by atoms with Gasteiger partial charge in [0, 0.05) is 73.8 Å². The molecule has 1 saturated heterocycles. The predicted molar refractivity (Wildman–Crippen MR) is 374 cm³/mol. The first-order valence-corrected chi connectivity index (χ1v) is 35.5. The Morgan fingerprint density at radius 2 is 0.937 bits per heavy atom. The Hall–Kier alpha value is -5.86. The van der Waals surface area contributed by atoms with Crippen molar-refractivity contribution in [3.8, 4) is 0 Å². The van der Waals surface area contributed by atoms with Crippen LogP contribution in [-0.4, -0.2) is 273 Å². The number of hydrogen-bond donors (Lipinski definition) is 6. The standard InChI is InChI=1S/C69H126N12O13S/c1-27-31-32-45(15)57(82)56-61(86)72-48(28-2)63(88)78(24)53(39-95-34-33-81(29-3)30-4)66(91)77(23)52(38-69(18,19)94)60(85)73-54(43(11)12)67(92)74(20)49(35-40(5)6)59(84)70-46(16)58(83)71-47(17)62(87)75(21)50(36-41(7)8)64(89)76(22)51(37-42(9)10)65(90)79(25)55(44(13)14)68(93)80(56)26/h27,31,40-57,82,94H,28-30,32-39H2,1-26H3,(H,70,84)(H,71,83)(H,72,86)(H,73,85)/t45-,46+,47-,48+,49+,50+,51+,52+,53+,54+,55+,56+,57-/m1/s1. The van der Waals surface area contributed by atoms with E-state index in [0.29, 0.717) is 12.3 Å². The number of aliphatic hydroxyl groups is 2. The maximum absolute atomic E-state index is 15.4. The van der Waals surface area contributed by atoms with E-state index in [0.717, 1.165) is 22.9 Å². The van der Waals surface area contributed by atoms with Crippen LogP contribution in [-0.2, 0) is 52.7 Å².